The normalized spacial score (nSPS) is 16.0. The predicted molar refractivity (Wildman–Crippen MR) is 119 cm³/mol. The lowest BCUT2D eigenvalue weighted by Gasteiger charge is -2.30. The maximum atomic E-state index is 13.1. The molecule has 0 amide bonds. The van der Waals surface area contributed by atoms with Crippen molar-refractivity contribution in [1.82, 2.24) is 14.5 Å². The number of rotatable bonds is 5. The Kier molecular flexibility index (Phi) is 6.11. The summed E-state index contributed by atoms with van der Waals surface area (Å²) in [7, 11) is -1.93. The maximum Gasteiger partial charge on any atom is 0.243 e. The molecule has 1 aliphatic rings. The Morgan fingerprint density at radius 2 is 1.83 bits per heavy atom. The van der Waals surface area contributed by atoms with Crippen LogP contribution in [0.25, 0.3) is 10.6 Å². The van der Waals surface area contributed by atoms with E-state index in [2.05, 4.69) is 10.2 Å². The molecule has 3 aromatic rings. The fraction of sp³-hybridized carbons (Fsp3) is 0.333. The van der Waals surface area contributed by atoms with Gasteiger partial charge in [-0.15, -0.1) is 10.2 Å². The van der Waals surface area contributed by atoms with Gasteiger partial charge in [-0.2, -0.15) is 4.31 Å². The van der Waals surface area contributed by atoms with E-state index in [1.54, 1.807) is 47.9 Å². The molecule has 0 unspecified atom stereocenters. The van der Waals surface area contributed by atoms with Crippen LogP contribution in [0.2, 0.25) is 5.02 Å². The highest BCUT2D eigenvalue weighted by molar-refractivity contribution is 7.89. The smallest absolute Gasteiger partial charge is 0.243 e. The molecule has 1 saturated heterocycles. The minimum absolute atomic E-state index is 0.192. The van der Waals surface area contributed by atoms with Gasteiger partial charge < -0.3 is 4.74 Å². The largest absolute Gasteiger partial charge is 0.496 e. The van der Waals surface area contributed by atoms with Crippen molar-refractivity contribution >= 4 is 33.0 Å². The molecule has 158 valence electrons. The molecule has 0 bridgehead atoms. The first kappa shape index (κ1) is 21.2. The van der Waals surface area contributed by atoms with E-state index in [-0.39, 0.29) is 10.8 Å². The van der Waals surface area contributed by atoms with Crippen LogP contribution >= 0.6 is 22.9 Å². The number of para-hydroxylation sites is 1. The Morgan fingerprint density at radius 3 is 2.57 bits per heavy atom. The van der Waals surface area contributed by atoms with Crippen LogP contribution in [-0.4, -0.2) is 43.1 Å². The fourth-order valence-electron chi connectivity index (χ4n) is 3.68. The second-order valence-electron chi connectivity index (χ2n) is 7.19. The standard InChI is InChI=1S/C21H22ClN3O3S2/c1-14-17(22)7-5-9-19(14)30(26,27)25-12-10-15(11-13-25)20-23-24-21(29-20)16-6-3-4-8-18(16)28-2/h3-9,15H,10-13H2,1-2H3. The topological polar surface area (TPSA) is 72.4 Å². The Balaban J connectivity index is 1.49. The molecule has 0 saturated carbocycles. The summed E-state index contributed by atoms with van der Waals surface area (Å²) >= 11 is 7.67. The Morgan fingerprint density at radius 1 is 1.10 bits per heavy atom. The lowest BCUT2D eigenvalue weighted by atomic mass is 9.99. The summed E-state index contributed by atoms with van der Waals surface area (Å²) in [6, 6.07) is 12.7. The average Bonchev–Trinajstić information content (AvgIpc) is 3.25. The molecule has 2 heterocycles. The third kappa shape index (κ3) is 3.97. The zero-order chi connectivity index (χ0) is 21.3. The second kappa shape index (κ2) is 8.63. The number of nitrogens with zero attached hydrogens (tertiary/aromatic N) is 3. The average molecular weight is 464 g/mol. The highest BCUT2D eigenvalue weighted by Crippen LogP contribution is 2.37. The molecule has 6 nitrogen and oxygen atoms in total. The van der Waals surface area contributed by atoms with Crippen LogP contribution in [0.3, 0.4) is 0 Å². The van der Waals surface area contributed by atoms with Crippen molar-refractivity contribution in [3.8, 4) is 16.3 Å². The molecule has 0 N–H and O–H groups in total. The summed E-state index contributed by atoms with van der Waals surface area (Å²) in [4.78, 5) is 0.280. The molecule has 0 aliphatic carbocycles. The van der Waals surface area contributed by atoms with Gasteiger partial charge in [0.1, 0.15) is 10.8 Å². The first-order chi connectivity index (χ1) is 14.4. The molecule has 1 aliphatic heterocycles. The summed E-state index contributed by atoms with van der Waals surface area (Å²) in [5.41, 5.74) is 1.51. The number of halogens is 1. The van der Waals surface area contributed by atoms with Crippen LogP contribution in [0.15, 0.2) is 47.4 Å². The zero-order valence-electron chi connectivity index (χ0n) is 16.7. The van der Waals surface area contributed by atoms with E-state index >= 15 is 0 Å². The number of aromatic nitrogens is 2. The predicted octanol–water partition coefficient (Wildman–Crippen LogP) is 4.74. The van der Waals surface area contributed by atoms with E-state index in [0.717, 1.165) is 21.3 Å². The summed E-state index contributed by atoms with van der Waals surface area (Å²) in [5.74, 6) is 0.955. The van der Waals surface area contributed by atoms with Gasteiger partial charge in [-0.1, -0.05) is 41.1 Å². The first-order valence-electron chi connectivity index (χ1n) is 9.64. The minimum atomic E-state index is -3.57. The van der Waals surface area contributed by atoms with Crippen LogP contribution in [0.1, 0.15) is 29.3 Å². The molecular weight excluding hydrogens is 442 g/mol. The summed E-state index contributed by atoms with van der Waals surface area (Å²) in [5, 5.41) is 10.9. The molecule has 0 atom stereocenters. The van der Waals surface area contributed by atoms with E-state index in [4.69, 9.17) is 16.3 Å². The monoisotopic (exact) mass is 463 g/mol. The number of ether oxygens (including phenoxy) is 1. The molecule has 2 aromatic carbocycles. The Hall–Kier alpha value is -2.00. The summed E-state index contributed by atoms with van der Waals surface area (Å²) < 4.78 is 33.2. The van der Waals surface area contributed by atoms with E-state index in [1.807, 2.05) is 24.3 Å². The number of piperidine rings is 1. The van der Waals surface area contributed by atoms with Crippen molar-refractivity contribution in [2.24, 2.45) is 0 Å². The van der Waals surface area contributed by atoms with Gasteiger partial charge in [0.15, 0.2) is 5.01 Å². The van der Waals surface area contributed by atoms with Crippen molar-refractivity contribution in [1.29, 1.82) is 0 Å². The lowest BCUT2D eigenvalue weighted by Crippen LogP contribution is -2.38. The second-order valence-corrected chi connectivity index (χ2v) is 10.5. The Labute approximate surface area is 185 Å². The number of hydrogen-bond acceptors (Lipinski definition) is 6. The van der Waals surface area contributed by atoms with Gasteiger partial charge in [-0.25, -0.2) is 8.42 Å². The molecule has 30 heavy (non-hydrogen) atoms. The third-order valence-corrected chi connectivity index (χ3v) is 8.99. The van der Waals surface area contributed by atoms with Crippen LogP contribution in [0.5, 0.6) is 5.75 Å². The van der Waals surface area contributed by atoms with Crippen LogP contribution < -0.4 is 4.74 Å². The van der Waals surface area contributed by atoms with Crippen LogP contribution in [0, 0.1) is 6.92 Å². The highest BCUT2D eigenvalue weighted by atomic mass is 35.5. The minimum Gasteiger partial charge on any atom is -0.496 e. The van der Waals surface area contributed by atoms with Crippen molar-refractivity contribution in [2.45, 2.75) is 30.6 Å². The van der Waals surface area contributed by atoms with Crippen LogP contribution in [-0.2, 0) is 10.0 Å². The van der Waals surface area contributed by atoms with Gasteiger partial charge in [0.05, 0.1) is 17.6 Å². The summed E-state index contributed by atoms with van der Waals surface area (Å²) in [6.07, 6.45) is 1.42. The number of hydrogen-bond donors (Lipinski definition) is 0. The molecule has 4 rings (SSSR count). The number of methoxy groups -OCH3 is 1. The van der Waals surface area contributed by atoms with Crippen molar-refractivity contribution < 1.29 is 13.2 Å². The molecular formula is C21H22ClN3O3S2. The first-order valence-corrected chi connectivity index (χ1v) is 12.3. The quantitative estimate of drug-likeness (QED) is 0.546. The third-order valence-electron chi connectivity index (χ3n) is 5.42. The fourth-order valence-corrected chi connectivity index (χ4v) is 6.67. The van der Waals surface area contributed by atoms with E-state index in [1.165, 1.54) is 0 Å². The number of sulfonamides is 1. The lowest BCUT2D eigenvalue weighted by molar-refractivity contribution is 0.318. The Bertz CT molecular complexity index is 1160. The van der Waals surface area contributed by atoms with E-state index in [9.17, 15) is 8.42 Å². The summed E-state index contributed by atoms with van der Waals surface area (Å²) in [6.45, 7) is 2.63. The molecule has 9 heteroatoms. The van der Waals surface area contributed by atoms with Crippen LogP contribution in [0.4, 0.5) is 0 Å². The van der Waals surface area contributed by atoms with Gasteiger partial charge in [0.25, 0.3) is 0 Å². The van der Waals surface area contributed by atoms with E-state index in [0.29, 0.717) is 36.5 Å². The molecule has 1 fully saturated rings. The SMILES string of the molecule is COc1ccccc1-c1nnc(C2CCN(S(=O)(=O)c3cccc(Cl)c3C)CC2)s1. The van der Waals surface area contributed by atoms with Crippen molar-refractivity contribution in [2.75, 3.05) is 20.2 Å². The zero-order valence-corrected chi connectivity index (χ0v) is 19.1. The molecule has 1 aromatic heterocycles. The van der Waals surface area contributed by atoms with Crippen molar-refractivity contribution in [3.63, 3.8) is 0 Å². The molecule has 0 radical (unpaired) electrons. The van der Waals surface area contributed by atoms with E-state index < -0.39 is 10.0 Å². The van der Waals surface area contributed by atoms with Gasteiger partial charge in [0.2, 0.25) is 10.0 Å². The number of benzene rings is 2. The molecule has 0 spiro atoms. The van der Waals surface area contributed by atoms with Gasteiger partial charge in [-0.3, -0.25) is 0 Å². The van der Waals surface area contributed by atoms with Gasteiger partial charge in [0, 0.05) is 24.0 Å². The van der Waals surface area contributed by atoms with Gasteiger partial charge >= 0.3 is 0 Å². The maximum absolute atomic E-state index is 13.1. The highest BCUT2D eigenvalue weighted by Gasteiger charge is 2.32. The van der Waals surface area contributed by atoms with Crippen molar-refractivity contribution in [3.05, 3.63) is 58.1 Å². The van der Waals surface area contributed by atoms with Gasteiger partial charge in [-0.05, 0) is 49.6 Å².